The summed E-state index contributed by atoms with van der Waals surface area (Å²) in [6.45, 7) is 6.60. The van der Waals surface area contributed by atoms with Crippen LogP contribution in [0.2, 0.25) is 0 Å². The summed E-state index contributed by atoms with van der Waals surface area (Å²) in [5, 5.41) is 14.0. The number of phenols is 1. The first kappa shape index (κ1) is 16.1. The Balaban J connectivity index is 1.82. The van der Waals surface area contributed by atoms with E-state index >= 15 is 0 Å². The minimum atomic E-state index is 0.226. The SMILES string of the molecule is CCC1c2c(ccc3sc(Nc4ccccc4O)nc23)N=C(C)C1C. The number of aromatic nitrogens is 1. The number of nitrogens with one attached hydrogen (secondary N) is 1. The Kier molecular flexibility index (Phi) is 3.96. The maximum absolute atomic E-state index is 9.98. The number of aliphatic imine (C=N–C) groups is 1. The fourth-order valence-corrected chi connectivity index (χ4v) is 4.50. The second-order valence-corrected chi connectivity index (χ2v) is 7.59. The Morgan fingerprint density at radius 1 is 1.20 bits per heavy atom. The summed E-state index contributed by atoms with van der Waals surface area (Å²) >= 11 is 1.61. The first-order valence-corrected chi connectivity index (χ1v) is 9.43. The number of nitrogens with zero attached hydrogens (tertiary/aromatic N) is 2. The number of hydrogen-bond acceptors (Lipinski definition) is 5. The normalized spacial score (nSPS) is 19.6. The largest absolute Gasteiger partial charge is 0.506 e. The van der Waals surface area contributed by atoms with Crippen LogP contribution >= 0.6 is 11.3 Å². The van der Waals surface area contributed by atoms with Gasteiger partial charge in [0, 0.05) is 17.2 Å². The zero-order valence-corrected chi connectivity index (χ0v) is 15.4. The number of hydrogen-bond donors (Lipinski definition) is 2. The van der Waals surface area contributed by atoms with Gasteiger partial charge in [0.05, 0.1) is 21.6 Å². The van der Waals surface area contributed by atoms with Crippen molar-refractivity contribution in [3.05, 3.63) is 42.0 Å². The highest BCUT2D eigenvalue weighted by molar-refractivity contribution is 7.22. The molecule has 0 saturated heterocycles. The summed E-state index contributed by atoms with van der Waals surface area (Å²) in [7, 11) is 0. The zero-order valence-electron chi connectivity index (χ0n) is 14.6. The molecule has 1 aliphatic rings. The number of para-hydroxylation sites is 2. The molecule has 1 aliphatic heterocycles. The van der Waals surface area contributed by atoms with Gasteiger partial charge >= 0.3 is 0 Å². The molecule has 0 bridgehead atoms. The maximum atomic E-state index is 9.98. The standard InChI is InChI=1S/C20H21N3OS/c1-4-13-11(2)12(3)21-15-9-10-17-19(18(13)15)23-20(25-17)22-14-7-5-6-8-16(14)24/h5-11,13,24H,4H2,1-3H3,(H,22,23). The molecule has 2 atom stereocenters. The average molecular weight is 351 g/mol. The monoisotopic (exact) mass is 351 g/mol. The van der Waals surface area contributed by atoms with Crippen molar-refractivity contribution in [1.29, 1.82) is 0 Å². The Bertz CT molecular complexity index is 976. The van der Waals surface area contributed by atoms with Crippen LogP contribution in [0.4, 0.5) is 16.5 Å². The second-order valence-electron chi connectivity index (χ2n) is 6.56. The van der Waals surface area contributed by atoms with E-state index in [2.05, 4.69) is 38.2 Å². The molecule has 0 radical (unpaired) electrons. The fourth-order valence-electron chi connectivity index (χ4n) is 3.61. The van der Waals surface area contributed by atoms with Crippen LogP contribution in [-0.4, -0.2) is 15.8 Å². The summed E-state index contributed by atoms with van der Waals surface area (Å²) in [5.74, 6) is 1.10. The maximum Gasteiger partial charge on any atom is 0.188 e. The van der Waals surface area contributed by atoms with E-state index in [0.29, 0.717) is 17.5 Å². The van der Waals surface area contributed by atoms with Gasteiger partial charge in [-0.05, 0) is 43.5 Å². The molecule has 2 N–H and O–H groups in total. The summed E-state index contributed by atoms with van der Waals surface area (Å²) in [6, 6.07) is 11.4. The molecule has 3 aromatic rings. The van der Waals surface area contributed by atoms with Crippen molar-refractivity contribution in [3.8, 4) is 5.75 Å². The van der Waals surface area contributed by atoms with Gasteiger partial charge in [-0.15, -0.1) is 0 Å². The van der Waals surface area contributed by atoms with Crippen molar-refractivity contribution in [1.82, 2.24) is 4.98 Å². The number of phenolic OH excluding ortho intramolecular Hbond substituents is 1. The van der Waals surface area contributed by atoms with E-state index in [1.807, 2.05) is 18.2 Å². The molecule has 2 heterocycles. The highest BCUT2D eigenvalue weighted by Gasteiger charge is 2.29. The topological polar surface area (TPSA) is 57.5 Å². The van der Waals surface area contributed by atoms with Crippen molar-refractivity contribution in [2.45, 2.75) is 33.1 Å². The summed E-state index contributed by atoms with van der Waals surface area (Å²) < 4.78 is 1.15. The van der Waals surface area contributed by atoms with E-state index < -0.39 is 0 Å². The first-order valence-electron chi connectivity index (χ1n) is 8.62. The molecule has 0 fully saturated rings. The molecule has 2 aromatic carbocycles. The van der Waals surface area contributed by atoms with E-state index in [9.17, 15) is 5.11 Å². The Hall–Kier alpha value is -2.40. The molecule has 0 saturated carbocycles. The van der Waals surface area contributed by atoms with E-state index in [-0.39, 0.29) is 5.75 Å². The Morgan fingerprint density at radius 2 is 2.00 bits per heavy atom. The van der Waals surface area contributed by atoms with Crippen molar-refractivity contribution in [2.24, 2.45) is 10.9 Å². The number of rotatable bonds is 3. The molecular formula is C20H21N3OS. The van der Waals surface area contributed by atoms with Gasteiger partial charge < -0.3 is 10.4 Å². The predicted molar refractivity (Wildman–Crippen MR) is 106 cm³/mol. The first-order chi connectivity index (χ1) is 12.1. The van der Waals surface area contributed by atoms with Crippen molar-refractivity contribution < 1.29 is 5.11 Å². The lowest BCUT2D eigenvalue weighted by molar-refractivity contribution is 0.478. The van der Waals surface area contributed by atoms with Gasteiger partial charge in [-0.2, -0.15) is 0 Å². The van der Waals surface area contributed by atoms with Crippen LogP contribution in [0, 0.1) is 5.92 Å². The van der Waals surface area contributed by atoms with Gasteiger partial charge in [0.2, 0.25) is 0 Å². The molecule has 0 amide bonds. The quantitative estimate of drug-likeness (QED) is 0.571. The van der Waals surface area contributed by atoms with Crippen LogP contribution in [0.3, 0.4) is 0 Å². The van der Waals surface area contributed by atoms with Gasteiger partial charge in [0.15, 0.2) is 5.13 Å². The van der Waals surface area contributed by atoms with E-state index in [1.165, 1.54) is 11.3 Å². The van der Waals surface area contributed by atoms with E-state index in [4.69, 9.17) is 9.98 Å². The number of anilines is 2. The van der Waals surface area contributed by atoms with Gasteiger partial charge in [0.25, 0.3) is 0 Å². The van der Waals surface area contributed by atoms with Crippen molar-refractivity contribution in [2.75, 3.05) is 5.32 Å². The Labute approximate surface area is 151 Å². The molecule has 0 spiro atoms. The number of benzene rings is 2. The molecule has 128 valence electrons. The third kappa shape index (κ3) is 2.68. The lowest BCUT2D eigenvalue weighted by atomic mass is 9.79. The molecule has 5 heteroatoms. The highest BCUT2D eigenvalue weighted by atomic mass is 32.1. The highest BCUT2D eigenvalue weighted by Crippen LogP contribution is 2.45. The van der Waals surface area contributed by atoms with Crippen LogP contribution in [0.1, 0.15) is 38.7 Å². The van der Waals surface area contributed by atoms with Gasteiger partial charge in [0.1, 0.15) is 5.75 Å². The van der Waals surface area contributed by atoms with Crippen LogP contribution in [0.15, 0.2) is 41.4 Å². The predicted octanol–water partition coefficient (Wildman–Crippen LogP) is 5.98. The summed E-state index contributed by atoms with van der Waals surface area (Å²) in [5.41, 5.74) is 5.22. The lowest BCUT2D eigenvalue weighted by Crippen LogP contribution is -2.20. The average Bonchev–Trinajstić information content (AvgIpc) is 3.01. The van der Waals surface area contributed by atoms with Crippen molar-refractivity contribution in [3.63, 3.8) is 0 Å². The number of fused-ring (bicyclic) bond motifs is 3. The molecular weight excluding hydrogens is 330 g/mol. The van der Waals surface area contributed by atoms with Crippen LogP contribution < -0.4 is 5.32 Å². The number of aromatic hydroxyl groups is 1. The van der Waals surface area contributed by atoms with Crippen LogP contribution in [-0.2, 0) is 0 Å². The fraction of sp³-hybridized carbons (Fsp3) is 0.300. The molecule has 1 aromatic heterocycles. The molecule has 2 unspecified atom stereocenters. The number of thiazole rings is 1. The summed E-state index contributed by atoms with van der Waals surface area (Å²) in [6.07, 6.45) is 1.07. The molecule has 0 aliphatic carbocycles. The third-order valence-electron chi connectivity index (χ3n) is 5.09. The molecule has 4 nitrogen and oxygen atoms in total. The second kappa shape index (κ2) is 6.15. The van der Waals surface area contributed by atoms with Gasteiger partial charge in [-0.25, -0.2) is 4.98 Å². The van der Waals surface area contributed by atoms with E-state index in [1.54, 1.807) is 17.4 Å². The molecule has 4 rings (SSSR count). The van der Waals surface area contributed by atoms with Crippen molar-refractivity contribution >= 4 is 43.8 Å². The van der Waals surface area contributed by atoms with Crippen LogP contribution in [0.5, 0.6) is 5.75 Å². The van der Waals surface area contributed by atoms with E-state index in [0.717, 1.165) is 27.5 Å². The minimum absolute atomic E-state index is 0.226. The van der Waals surface area contributed by atoms with Gasteiger partial charge in [-0.3, -0.25) is 4.99 Å². The smallest absolute Gasteiger partial charge is 0.188 e. The Morgan fingerprint density at radius 3 is 2.76 bits per heavy atom. The minimum Gasteiger partial charge on any atom is -0.506 e. The summed E-state index contributed by atoms with van der Waals surface area (Å²) in [4.78, 5) is 9.65. The zero-order chi connectivity index (χ0) is 17.6. The van der Waals surface area contributed by atoms with Crippen LogP contribution in [0.25, 0.3) is 10.2 Å². The van der Waals surface area contributed by atoms with Gasteiger partial charge in [-0.1, -0.05) is 37.3 Å². The third-order valence-corrected chi connectivity index (χ3v) is 6.03. The lowest BCUT2D eigenvalue weighted by Gasteiger charge is -2.29. The molecule has 25 heavy (non-hydrogen) atoms.